The molecule has 0 saturated carbocycles. The van der Waals surface area contributed by atoms with Crippen LogP contribution in [-0.4, -0.2) is 32.7 Å². The van der Waals surface area contributed by atoms with Gasteiger partial charge < -0.3 is 10.6 Å². The fourth-order valence-corrected chi connectivity index (χ4v) is 3.29. The first-order valence-corrected chi connectivity index (χ1v) is 10.4. The standard InChI is InChI=1S/C21H23N5O2S/c1-2-8-18-24-21(26-25-18)29-14-19(27)23-17-12-7-6-11-16(17)20(28)22-13-15-9-4-3-5-10-15/h3-7,9-12H,2,8,13-14H2,1H3,(H,22,28)(H,23,27)(H,24,25,26). The lowest BCUT2D eigenvalue weighted by molar-refractivity contribution is -0.113. The third kappa shape index (κ3) is 6.18. The molecule has 0 aliphatic rings. The number of nitrogens with one attached hydrogen (secondary N) is 3. The van der Waals surface area contributed by atoms with E-state index in [2.05, 4.69) is 32.7 Å². The number of rotatable bonds is 9. The third-order valence-electron chi connectivity index (χ3n) is 4.07. The Morgan fingerprint density at radius 1 is 1.07 bits per heavy atom. The third-order valence-corrected chi connectivity index (χ3v) is 4.92. The highest BCUT2D eigenvalue weighted by atomic mass is 32.2. The van der Waals surface area contributed by atoms with E-state index in [4.69, 9.17) is 0 Å². The summed E-state index contributed by atoms with van der Waals surface area (Å²) in [6, 6.07) is 16.6. The Kier molecular flexibility index (Phi) is 7.40. The number of amides is 2. The van der Waals surface area contributed by atoms with Crippen molar-refractivity contribution in [1.82, 2.24) is 20.5 Å². The number of aryl methyl sites for hydroxylation is 1. The molecule has 0 unspecified atom stereocenters. The minimum Gasteiger partial charge on any atom is -0.348 e. The van der Waals surface area contributed by atoms with Gasteiger partial charge in [0, 0.05) is 13.0 Å². The van der Waals surface area contributed by atoms with Crippen molar-refractivity contribution in [2.45, 2.75) is 31.5 Å². The molecule has 150 valence electrons. The summed E-state index contributed by atoms with van der Waals surface area (Å²) in [5.41, 5.74) is 1.91. The van der Waals surface area contributed by atoms with Crippen LogP contribution in [0.4, 0.5) is 5.69 Å². The lowest BCUT2D eigenvalue weighted by atomic mass is 10.1. The van der Waals surface area contributed by atoms with Crippen LogP contribution >= 0.6 is 11.8 Å². The molecule has 0 spiro atoms. The number of anilines is 1. The molecular formula is C21H23N5O2S. The van der Waals surface area contributed by atoms with Gasteiger partial charge in [-0.2, -0.15) is 0 Å². The predicted molar refractivity (Wildman–Crippen MR) is 114 cm³/mol. The first-order valence-electron chi connectivity index (χ1n) is 9.40. The highest BCUT2D eigenvalue weighted by Crippen LogP contribution is 2.17. The number of hydrogen-bond donors (Lipinski definition) is 3. The van der Waals surface area contributed by atoms with Gasteiger partial charge in [0.2, 0.25) is 11.1 Å². The summed E-state index contributed by atoms with van der Waals surface area (Å²) < 4.78 is 0. The van der Waals surface area contributed by atoms with Gasteiger partial charge in [-0.3, -0.25) is 14.7 Å². The number of benzene rings is 2. The maximum Gasteiger partial charge on any atom is 0.253 e. The van der Waals surface area contributed by atoms with Crippen molar-refractivity contribution >= 4 is 29.3 Å². The van der Waals surface area contributed by atoms with Gasteiger partial charge in [0.05, 0.1) is 17.0 Å². The SMILES string of the molecule is CCCc1nc(SCC(=O)Nc2ccccc2C(=O)NCc2ccccc2)n[nH]1. The molecule has 0 atom stereocenters. The highest BCUT2D eigenvalue weighted by molar-refractivity contribution is 7.99. The maximum atomic E-state index is 12.6. The summed E-state index contributed by atoms with van der Waals surface area (Å²) in [5, 5.41) is 13.2. The Labute approximate surface area is 173 Å². The van der Waals surface area contributed by atoms with Crippen LogP contribution in [0.25, 0.3) is 0 Å². The van der Waals surface area contributed by atoms with Crippen LogP contribution in [-0.2, 0) is 17.8 Å². The van der Waals surface area contributed by atoms with E-state index in [1.54, 1.807) is 24.3 Å². The molecule has 0 aliphatic heterocycles. The predicted octanol–water partition coefficient (Wildman–Crippen LogP) is 3.42. The quantitative estimate of drug-likeness (QED) is 0.470. The van der Waals surface area contributed by atoms with Crippen LogP contribution in [0.5, 0.6) is 0 Å². The topological polar surface area (TPSA) is 99.8 Å². The van der Waals surface area contributed by atoms with Crippen LogP contribution in [0.1, 0.15) is 35.1 Å². The monoisotopic (exact) mass is 409 g/mol. The Balaban J connectivity index is 1.56. The van der Waals surface area contributed by atoms with Crippen molar-refractivity contribution in [3.05, 3.63) is 71.5 Å². The number of H-pyrrole nitrogens is 1. The van der Waals surface area contributed by atoms with E-state index in [0.717, 1.165) is 24.2 Å². The molecule has 3 rings (SSSR count). The molecule has 7 nitrogen and oxygen atoms in total. The number of para-hydroxylation sites is 1. The van der Waals surface area contributed by atoms with Gasteiger partial charge in [-0.25, -0.2) is 4.98 Å². The van der Waals surface area contributed by atoms with Crippen molar-refractivity contribution in [3.63, 3.8) is 0 Å². The van der Waals surface area contributed by atoms with E-state index >= 15 is 0 Å². The molecule has 0 aliphatic carbocycles. The van der Waals surface area contributed by atoms with E-state index in [9.17, 15) is 9.59 Å². The minimum atomic E-state index is -0.240. The van der Waals surface area contributed by atoms with E-state index in [-0.39, 0.29) is 17.6 Å². The second-order valence-corrected chi connectivity index (χ2v) is 7.31. The molecule has 0 fully saturated rings. The van der Waals surface area contributed by atoms with E-state index < -0.39 is 0 Å². The van der Waals surface area contributed by atoms with Crippen LogP contribution in [0, 0.1) is 0 Å². The van der Waals surface area contributed by atoms with E-state index in [1.807, 2.05) is 30.3 Å². The Bertz CT molecular complexity index is 958. The van der Waals surface area contributed by atoms with Gasteiger partial charge in [-0.15, -0.1) is 5.10 Å². The van der Waals surface area contributed by atoms with Gasteiger partial charge in [-0.05, 0) is 24.1 Å². The first kappa shape index (κ1) is 20.6. The fourth-order valence-electron chi connectivity index (χ4n) is 2.67. The van der Waals surface area contributed by atoms with Gasteiger partial charge in [0.1, 0.15) is 5.82 Å². The first-order chi connectivity index (χ1) is 14.2. The number of aromatic nitrogens is 3. The molecule has 3 N–H and O–H groups in total. The second kappa shape index (κ2) is 10.4. The Morgan fingerprint density at radius 2 is 1.83 bits per heavy atom. The molecule has 1 heterocycles. The smallest absolute Gasteiger partial charge is 0.253 e. The van der Waals surface area contributed by atoms with Crippen molar-refractivity contribution in [1.29, 1.82) is 0 Å². The van der Waals surface area contributed by atoms with Crippen LogP contribution < -0.4 is 10.6 Å². The minimum absolute atomic E-state index is 0.156. The van der Waals surface area contributed by atoms with Crippen molar-refractivity contribution in [2.24, 2.45) is 0 Å². The van der Waals surface area contributed by atoms with Gasteiger partial charge in [0.25, 0.3) is 5.91 Å². The molecule has 29 heavy (non-hydrogen) atoms. The van der Waals surface area contributed by atoms with Crippen LogP contribution in [0.2, 0.25) is 0 Å². The van der Waals surface area contributed by atoms with Crippen LogP contribution in [0.15, 0.2) is 59.8 Å². The number of hydrogen-bond acceptors (Lipinski definition) is 5. The molecule has 0 saturated heterocycles. The van der Waals surface area contributed by atoms with Gasteiger partial charge >= 0.3 is 0 Å². The number of carbonyl (C=O) groups is 2. The molecule has 0 bridgehead atoms. The molecule has 3 aromatic rings. The Morgan fingerprint density at radius 3 is 2.62 bits per heavy atom. The number of thioether (sulfide) groups is 1. The molecule has 8 heteroatoms. The van der Waals surface area contributed by atoms with Crippen molar-refractivity contribution in [2.75, 3.05) is 11.1 Å². The normalized spacial score (nSPS) is 10.5. The van der Waals surface area contributed by atoms with Gasteiger partial charge in [-0.1, -0.05) is 61.2 Å². The largest absolute Gasteiger partial charge is 0.348 e. The zero-order valence-electron chi connectivity index (χ0n) is 16.1. The maximum absolute atomic E-state index is 12.6. The highest BCUT2D eigenvalue weighted by Gasteiger charge is 2.14. The second-order valence-electron chi connectivity index (χ2n) is 6.37. The molecule has 0 radical (unpaired) electrons. The van der Waals surface area contributed by atoms with Gasteiger partial charge in [0.15, 0.2) is 0 Å². The summed E-state index contributed by atoms with van der Waals surface area (Å²) in [6.07, 6.45) is 1.80. The number of nitrogens with zero attached hydrogens (tertiary/aromatic N) is 2. The zero-order chi connectivity index (χ0) is 20.5. The zero-order valence-corrected chi connectivity index (χ0v) is 17.0. The van der Waals surface area contributed by atoms with Crippen molar-refractivity contribution < 1.29 is 9.59 Å². The number of carbonyl (C=O) groups excluding carboxylic acids is 2. The number of aromatic amines is 1. The summed E-state index contributed by atoms with van der Waals surface area (Å²) in [5.74, 6) is 0.509. The molecule has 2 aromatic carbocycles. The lowest BCUT2D eigenvalue weighted by Crippen LogP contribution is -2.25. The van der Waals surface area contributed by atoms with E-state index in [0.29, 0.717) is 23.0 Å². The Hall–Kier alpha value is -3.13. The average molecular weight is 410 g/mol. The average Bonchev–Trinajstić information content (AvgIpc) is 3.19. The lowest BCUT2D eigenvalue weighted by Gasteiger charge is -2.11. The van der Waals surface area contributed by atoms with Crippen molar-refractivity contribution in [3.8, 4) is 0 Å². The molecule has 2 amide bonds. The summed E-state index contributed by atoms with van der Waals surface area (Å²) in [6.45, 7) is 2.49. The van der Waals surface area contributed by atoms with E-state index in [1.165, 1.54) is 11.8 Å². The van der Waals surface area contributed by atoms with Crippen LogP contribution in [0.3, 0.4) is 0 Å². The summed E-state index contributed by atoms with van der Waals surface area (Å²) in [7, 11) is 0. The summed E-state index contributed by atoms with van der Waals surface area (Å²) >= 11 is 1.25. The molecule has 1 aromatic heterocycles. The molecular weight excluding hydrogens is 386 g/mol. The summed E-state index contributed by atoms with van der Waals surface area (Å²) in [4.78, 5) is 29.2. The fraction of sp³-hybridized carbons (Fsp3) is 0.238.